The van der Waals surface area contributed by atoms with Gasteiger partial charge in [0.1, 0.15) is 0 Å². The summed E-state index contributed by atoms with van der Waals surface area (Å²) < 4.78 is 0. The van der Waals surface area contributed by atoms with E-state index in [-0.39, 0.29) is 6.61 Å². The summed E-state index contributed by atoms with van der Waals surface area (Å²) in [6.07, 6.45) is 1.67. The number of aliphatic hydroxyl groups excluding tert-OH is 1. The fourth-order valence-corrected chi connectivity index (χ4v) is 0.828. The predicted molar refractivity (Wildman–Crippen MR) is 39.8 cm³/mol. The molecule has 0 aromatic carbocycles. The summed E-state index contributed by atoms with van der Waals surface area (Å²) in [6, 6.07) is 0. The molecule has 0 saturated carbocycles. The van der Waals surface area contributed by atoms with Gasteiger partial charge in [0.2, 0.25) is 0 Å². The van der Waals surface area contributed by atoms with Crippen LogP contribution in [0.2, 0.25) is 0 Å². The molecule has 0 aliphatic carbocycles. The van der Waals surface area contributed by atoms with Crippen LogP contribution in [0.5, 0.6) is 0 Å². The highest BCUT2D eigenvalue weighted by molar-refractivity contribution is 4.89. The van der Waals surface area contributed by atoms with Gasteiger partial charge in [0.05, 0.1) is 18.5 Å². The largest absolute Gasteiger partial charge is 0.395 e. The molecule has 11 heavy (non-hydrogen) atoms. The number of aromatic nitrogens is 3. The Morgan fingerprint density at radius 2 is 2.55 bits per heavy atom. The molecular weight excluding hydrogens is 144 g/mol. The number of likely N-dealkylation sites (N-methyl/N-ethyl adjacent to an activating group) is 1. The fraction of sp³-hybridized carbons (Fsp3) is 0.667. The van der Waals surface area contributed by atoms with Gasteiger partial charge in [-0.05, 0) is 7.05 Å². The summed E-state index contributed by atoms with van der Waals surface area (Å²) in [5.41, 5.74) is 0.890. The van der Waals surface area contributed by atoms with Crippen molar-refractivity contribution in [2.24, 2.45) is 0 Å². The van der Waals surface area contributed by atoms with Crippen molar-refractivity contribution in [1.82, 2.24) is 20.3 Å². The van der Waals surface area contributed by atoms with Crippen LogP contribution in [-0.2, 0) is 6.54 Å². The van der Waals surface area contributed by atoms with Gasteiger partial charge in [-0.15, -0.1) is 0 Å². The average molecular weight is 156 g/mol. The maximum atomic E-state index is 8.58. The number of hydrogen-bond donors (Lipinski definition) is 2. The summed E-state index contributed by atoms with van der Waals surface area (Å²) in [7, 11) is 1.92. The highest BCUT2D eigenvalue weighted by atomic mass is 16.3. The molecule has 0 unspecified atom stereocenters. The third kappa shape index (κ3) is 2.65. The van der Waals surface area contributed by atoms with Gasteiger partial charge in [-0.1, -0.05) is 0 Å². The van der Waals surface area contributed by atoms with E-state index in [9.17, 15) is 0 Å². The molecule has 0 fully saturated rings. The van der Waals surface area contributed by atoms with Crippen LogP contribution in [0, 0.1) is 0 Å². The molecule has 1 aromatic rings. The Morgan fingerprint density at radius 3 is 3.09 bits per heavy atom. The molecule has 0 aliphatic heterocycles. The van der Waals surface area contributed by atoms with E-state index in [1.807, 2.05) is 11.9 Å². The minimum Gasteiger partial charge on any atom is -0.395 e. The van der Waals surface area contributed by atoms with Crippen LogP contribution < -0.4 is 0 Å². The van der Waals surface area contributed by atoms with E-state index in [4.69, 9.17) is 5.11 Å². The Morgan fingerprint density at radius 1 is 1.73 bits per heavy atom. The molecule has 1 rings (SSSR count). The van der Waals surface area contributed by atoms with E-state index in [0.29, 0.717) is 6.54 Å². The maximum absolute atomic E-state index is 8.58. The zero-order valence-corrected chi connectivity index (χ0v) is 6.49. The molecule has 0 radical (unpaired) electrons. The first-order chi connectivity index (χ1) is 5.33. The summed E-state index contributed by atoms with van der Waals surface area (Å²) in [6.45, 7) is 1.55. The van der Waals surface area contributed by atoms with Crippen molar-refractivity contribution in [2.45, 2.75) is 6.54 Å². The Labute approximate surface area is 65.0 Å². The lowest BCUT2D eigenvalue weighted by Gasteiger charge is -2.11. The summed E-state index contributed by atoms with van der Waals surface area (Å²) in [5, 5.41) is 18.7. The fourth-order valence-electron chi connectivity index (χ4n) is 0.828. The number of nitrogens with zero attached hydrogens (tertiary/aromatic N) is 3. The lowest BCUT2D eigenvalue weighted by Crippen LogP contribution is -2.21. The molecule has 0 aliphatic rings. The van der Waals surface area contributed by atoms with Gasteiger partial charge >= 0.3 is 0 Å². The van der Waals surface area contributed by atoms with Gasteiger partial charge in [-0.25, -0.2) is 0 Å². The monoisotopic (exact) mass is 156 g/mol. The van der Waals surface area contributed by atoms with E-state index in [1.54, 1.807) is 6.20 Å². The quantitative estimate of drug-likeness (QED) is 0.600. The van der Waals surface area contributed by atoms with Crippen LogP contribution in [0.3, 0.4) is 0 Å². The van der Waals surface area contributed by atoms with E-state index in [0.717, 1.165) is 12.2 Å². The smallest absolute Gasteiger partial charge is 0.0964 e. The number of aromatic amines is 1. The number of aliphatic hydroxyl groups is 1. The predicted octanol–water partition coefficient (Wildman–Crippen LogP) is -0.771. The second kappa shape index (κ2) is 4.05. The third-order valence-electron chi connectivity index (χ3n) is 1.38. The van der Waals surface area contributed by atoms with Gasteiger partial charge in [-0.3, -0.25) is 4.90 Å². The molecule has 0 atom stereocenters. The lowest BCUT2D eigenvalue weighted by atomic mass is 10.4. The average Bonchev–Trinajstić information content (AvgIpc) is 2.40. The van der Waals surface area contributed by atoms with Crippen LogP contribution in [0.25, 0.3) is 0 Å². The van der Waals surface area contributed by atoms with Gasteiger partial charge in [0.15, 0.2) is 0 Å². The Balaban J connectivity index is 2.31. The van der Waals surface area contributed by atoms with Crippen LogP contribution in [0.1, 0.15) is 5.69 Å². The molecule has 5 heteroatoms. The van der Waals surface area contributed by atoms with Crippen molar-refractivity contribution in [1.29, 1.82) is 0 Å². The number of rotatable bonds is 4. The molecule has 2 N–H and O–H groups in total. The highest BCUT2D eigenvalue weighted by Gasteiger charge is 2.00. The summed E-state index contributed by atoms with van der Waals surface area (Å²) >= 11 is 0. The van der Waals surface area contributed by atoms with E-state index < -0.39 is 0 Å². The first-order valence-electron chi connectivity index (χ1n) is 3.47. The number of H-pyrrole nitrogens is 1. The third-order valence-corrected chi connectivity index (χ3v) is 1.38. The van der Waals surface area contributed by atoms with E-state index >= 15 is 0 Å². The van der Waals surface area contributed by atoms with Crippen molar-refractivity contribution in [3.05, 3.63) is 11.9 Å². The maximum Gasteiger partial charge on any atom is 0.0964 e. The molecular formula is C6H12N4O. The molecule has 0 amide bonds. The van der Waals surface area contributed by atoms with Gasteiger partial charge in [0.25, 0.3) is 0 Å². The van der Waals surface area contributed by atoms with Gasteiger partial charge in [-0.2, -0.15) is 15.4 Å². The topological polar surface area (TPSA) is 65.0 Å². The standard InChI is InChI=1S/C6H12N4O/c1-10(2-3-11)5-6-4-7-9-8-6/h4,11H,2-3,5H2,1H3,(H,7,8,9). The lowest BCUT2D eigenvalue weighted by molar-refractivity contribution is 0.216. The first-order valence-corrected chi connectivity index (χ1v) is 3.47. The van der Waals surface area contributed by atoms with Crippen LogP contribution >= 0.6 is 0 Å². The van der Waals surface area contributed by atoms with Crippen molar-refractivity contribution in [2.75, 3.05) is 20.2 Å². The van der Waals surface area contributed by atoms with Gasteiger partial charge in [0, 0.05) is 13.1 Å². The molecule has 0 saturated heterocycles. The normalized spacial score (nSPS) is 10.8. The highest BCUT2D eigenvalue weighted by Crippen LogP contribution is 1.93. The Bertz CT molecular complexity index is 186. The van der Waals surface area contributed by atoms with Crippen LogP contribution in [0.15, 0.2) is 6.20 Å². The van der Waals surface area contributed by atoms with Gasteiger partial charge < -0.3 is 5.11 Å². The van der Waals surface area contributed by atoms with Crippen LogP contribution in [-0.4, -0.2) is 45.6 Å². The number of hydrogen-bond acceptors (Lipinski definition) is 4. The molecule has 5 nitrogen and oxygen atoms in total. The molecule has 62 valence electrons. The SMILES string of the molecule is CN(CCO)Cc1cn[nH]n1. The van der Waals surface area contributed by atoms with Crippen molar-refractivity contribution in [3.8, 4) is 0 Å². The summed E-state index contributed by atoms with van der Waals surface area (Å²) in [4.78, 5) is 1.97. The second-order valence-corrected chi connectivity index (χ2v) is 2.42. The Kier molecular flexibility index (Phi) is 3.00. The van der Waals surface area contributed by atoms with Crippen molar-refractivity contribution < 1.29 is 5.11 Å². The zero-order chi connectivity index (χ0) is 8.10. The molecule has 0 bridgehead atoms. The van der Waals surface area contributed by atoms with E-state index in [2.05, 4.69) is 15.4 Å². The van der Waals surface area contributed by atoms with Crippen molar-refractivity contribution >= 4 is 0 Å². The molecule has 1 aromatic heterocycles. The molecule has 1 heterocycles. The minimum absolute atomic E-state index is 0.175. The summed E-state index contributed by atoms with van der Waals surface area (Å²) in [5.74, 6) is 0. The minimum atomic E-state index is 0.175. The van der Waals surface area contributed by atoms with Crippen molar-refractivity contribution in [3.63, 3.8) is 0 Å². The zero-order valence-electron chi connectivity index (χ0n) is 6.49. The second-order valence-electron chi connectivity index (χ2n) is 2.42. The van der Waals surface area contributed by atoms with Crippen LogP contribution in [0.4, 0.5) is 0 Å². The first kappa shape index (κ1) is 8.16. The Hall–Kier alpha value is -0.940. The van der Waals surface area contributed by atoms with E-state index in [1.165, 1.54) is 0 Å². The number of nitrogens with one attached hydrogen (secondary N) is 1. The molecule has 0 spiro atoms.